The molecule has 0 bridgehead atoms. The number of methoxy groups -OCH3 is 2. The molecule has 3 aromatic rings. The molecule has 3 aliphatic rings. The zero-order valence-electron chi connectivity index (χ0n) is 22.0. The van der Waals surface area contributed by atoms with E-state index in [0.717, 1.165) is 70.5 Å². The molecule has 0 saturated heterocycles. The van der Waals surface area contributed by atoms with Crippen molar-refractivity contribution in [3.05, 3.63) is 89.4 Å². The first-order valence-corrected chi connectivity index (χ1v) is 13.5. The van der Waals surface area contributed by atoms with Gasteiger partial charge in [0, 0.05) is 24.0 Å². The van der Waals surface area contributed by atoms with Gasteiger partial charge in [0.15, 0.2) is 0 Å². The highest BCUT2D eigenvalue weighted by atomic mass is 35.5. The minimum absolute atomic E-state index is 0.211. The van der Waals surface area contributed by atoms with Gasteiger partial charge in [-0.15, -0.1) is 0 Å². The summed E-state index contributed by atoms with van der Waals surface area (Å²) < 4.78 is 13.3. The summed E-state index contributed by atoms with van der Waals surface area (Å²) in [5.41, 5.74) is 6.34. The Balaban J connectivity index is 1.58. The van der Waals surface area contributed by atoms with Crippen LogP contribution in [0.2, 0.25) is 5.02 Å². The summed E-state index contributed by atoms with van der Waals surface area (Å²) in [5.74, 6) is 0.520. The third kappa shape index (κ3) is 5.20. The normalized spacial score (nSPS) is 18.0. The van der Waals surface area contributed by atoms with Gasteiger partial charge in [0.1, 0.15) is 5.69 Å². The van der Waals surface area contributed by atoms with Gasteiger partial charge in [-0.2, -0.15) is 0 Å². The second-order valence-corrected chi connectivity index (χ2v) is 10.2. The zero-order chi connectivity index (χ0) is 26.8. The fraction of sp³-hybridized carbons (Fsp3) is 0.258. The van der Waals surface area contributed by atoms with Crippen molar-refractivity contribution >= 4 is 34.0 Å². The third-order valence-corrected chi connectivity index (χ3v) is 7.57. The van der Waals surface area contributed by atoms with Crippen molar-refractivity contribution in [2.75, 3.05) is 19.5 Å². The van der Waals surface area contributed by atoms with E-state index < -0.39 is 0 Å². The molecule has 0 unspecified atom stereocenters. The van der Waals surface area contributed by atoms with Crippen molar-refractivity contribution in [2.45, 2.75) is 37.8 Å². The molecule has 6 rings (SSSR count). The Labute approximate surface area is 232 Å². The van der Waals surface area contributed by atoms with E-state index in [4.69, 9.17) is 31.1 Å². The first kappa shape index (κ1) is 25.3. The number of nitrogens with zero attached hydrogens (tertiary/aromatic N) is 4. The van der Waals surface area contributed by atoms with Gasteiger partial charge in [-0.1, -0.05) is 23.7 Å². The van der Waals surface area contributed by atoms with Gasteiger partial charge in [0.2, 0.25) is 5.88 Å². The Morgan fingerprint density at radius 1 is 0.923 bits per heavy atom. The Bertz CT molecular complexity index is 1640. The smallest absolute Gasteiger partial charge is 0.237 e. The third-order valence-electron chi connectivity index (χ3n) is 7.31. The topological polar surface area (TPSA) is 73.6 Å². The lowest BCUT2D eigenvalue weighted by atomic mass is 9.93. The molecule has 1 aromatic heterocycles. The van der Waals surface area contributed by atoms with Crippen molar-refractivity contribution in [3.63, 3.8) is 0 Å². The van der Waals surface area contributed by atoms with Gasteiger partial charge in [0.25, 0.3) is 0 Å². The van der Waals surface area contributed by atoms with Crippen LogP contribution in [0.25, 0.3) is 28.1 Å². The number of fused-ring (bicyclic) bond motifs is 2. The van der Waals surface area contributed by atoms with Crippen LogP contribution in [0.5, 0.6) is 5.88 Å². The number of halogens is 1. The number of aromatic nitrogens is 3. The molecule has 0 atom stereocenters. The lowest BCUT2D eigenvalue weighted by Gasteiger charge is -2.25. The molecule has 1 fully saturated rings. The highest BCUT2D eigenvalue weighted by molar-refractivity contribution is 6.30. The van der Waals surface area contributed by atoms with Gasteiger partial charge in [0.05, 0.1) is 52.7 Å². The van der Waals surface area contributed by atoms with E-state index in [2.05, 4.69) is 33.1 Å². The molecule has 0 radical (unpaired) electrons. The Hall–Kier alpha value is -3.94. The summed E-state index contributed by atoms with van der Waals surface area (Å²) in [4.78, 5) is 14.7. The SMILES string of the molecule is COc1ncccc1Nc1cc2nc3ccccc3n(-c3ccc(Cl)cc3)c-2c/c1=N\C1CCC(OC)CC1. The van der Waals surface area contributed by atoms with E-state index in [1.165, 1.54) is 0 Å². The lowest BCUT2D eigenvalue weighted by molar-refractivity contribution is 0.0663. The molecule has 198 valence electrons. The Kier molecular flexibility index (Phi) is 7.18. The molecular formula is C31H30ClN5O2. The number of anilines is 2. The molecule has 2 heterocycles. The van der Waals surface area contributed by atoms with E-state index in [-0.39, 0.29) is 6.04 Å². The van der Waals surface area contributed by atoms with Crippen molar-refractivity contribution in [2.24, 2.45) is 4.99 Å². The van der Waals surface area contributed by atoms with Crippen LogP contribution in [0.15, 0.2) is 84.0 Å². The standard InChI is InChI=1S/C31H30ClN5O2/c1-38-23-15-11-21(12-16-23)34-27-19-30-28(18-26(27)36-25-7-5-17-33-31(25)39-2)35-24-6-3-4-8-29(24)37(30)22-13-9-20(32)10-14-22/h3-10,13-14,17-19,21,23,36H,11-12,15-16H2,1-2H3/b34-27+. The van der Waals surface area contributed by atoms with Gasteiger partial charge in [-0.25, -0.2) is 9.97 Å². The predicted octanol–water partition coefficient (Wildman–Crippen LogP) is 6.79. The number of pyridine rings is 1. The summed E-state index contributed by atoms with van der Waals surface area (Å²) in [7, 11) is 3.41. The summed E-state index contributed by atoms with van der Waals surface area (Å²) in [5, 5.41) is 5.10. The highest BCUT2D eigenvalue weighted by Crippen LogP contribution is 2.32. The first-order valence-electron chi connectivity index (χ1n) is 13.2. The van der Waals surface area contributed by atoms with Crippen molar-refractivity contribution in [3.8, 4) is 23.0 Å². The van der Waals surface area contributed by atoms with Crippen LogP contribution in [0.1, 0.15) is 25.7 Å². The van der Waals surface area contributed by atoms with Gasteiger partial charge >= 0.3 is 0 Å². The van der Waals surface area contributed by atoms with Crippen molar-refractivity contribution in [1.82, 2.24) is 14.5 Å². The minimum atomic E-state index is 0.211. The maximum absolute atomic E-state index is 6.24. The second kappa shape index (κ2) is 11.0. The fourth-order valence-electron chi connectivity index (χ4n) is 5.32. The molecule has 2 aliphatic carbocycles. The van der Waals surface area contributed by atoms with Crippen LogP contribution in [-0.2, 0) is 4.74 Å². The van der Waals surface area contributed by atoms with Crippen LogP contribution in [0.4, 0.5) is 11.4 Å². The minimum Gasteiger partial charge on any atom is -0.480 e. The number of hydrogen-bond donors (Lipinski definition) is 1. The van der Waals surface area contributed by atoms with Gasteiger partial charge < -0.3 is 19.4 Å². The van der Waals surface area contributed by atoms with Crippen LogP contribution in [0.3, 0.4) is 0 Å². The number of para-hydroxylation sites is 2. The van der Waals surface area contributed by atoms with Crippen LogP contribution >= 0.6 is 11.6 Å². The van der Waals surface area contributed by atoms with Gasteiger partial charge in [-0.3, -0.25) is 4.99 Å². The zero-order valence-corrected chi connectivity index (χ0v) is 22.7. The average molecular weight is 540 g/mol. The Morgan fingerprint density at radius 3 is 2.49 bits per heavy atom. The van der Waals surface area contributed by atoms with Crippen molar-refractivity contribution in [1.29, 1.82) is 0 Å². The van der Waals surface area contributed by atoms with Crippen LogP contribution in [0, 0.1) is 0 Å². The molecule has 1 aliphatic heterocycles. The molecular weight excluding hydrogens is 510 g/mol. The Morgan fingerprint density at radius 2 is 1.72 bits per heavy atom. The fourth-order valence-corrected chi connectivity index (χ4v) is 5.44. The molecule has 1 saturated carbocycles. The summed E-state index contributed by atoms with van der Waals surface area (Å²) >= 11 is 6.24. The molecule has 39 heavy (non-hydrogen) atoms. The van der Waals surface area contributed by atoms with E-state index in [9.17, 15) is 0 Å². The number of benzene rings is 3. The monoisotopic (exact) mass is 539 g/mol. The maximum Gasteiger partial charge on any atom is 0.237 e. The molecule has 2 aromatic carbocycles. The summed E-state index contributed by atoms with van der Waals surface area (Å²) in [6.07, 6.45) is 6.02. The molecule has 0 spiro atoms. The molecule has 1 N–H and O–H groups in total. The lowest BCUT2D eigenvalue weighted by Crippen LogP contribution is -2.25. The van der Waals surface area contributed by atoms with Gasteiger partial charge in [-0.05, 0) is 86.3 Å². The number of nitrogens with one attached hydrogen (secondary N) is 1. The van der Waals surface area contributed by atoms with E-state index in [1.807, 2.05) is 54.6 Å². The maximum atomic E-state index is 6.24. The predicted molar refractivity (Wildman–Crippen MR) is 155 cm³/mol. The summed E-state index contributed by atoms with van der Waals surface area (Å²) in [6.45, 7) is 0. The van der Waals surface area contributed by atoms with E-state index in [1.54, 1.807) is 20.4 Å². The first-order chi connectivity index (χ1) is 19.1. The highest BCUT2D eigenvalue weighted by Gasteiger charge is 2.22. The van der Waals surface area contributed by atoms with E-state index >= 15 is 0 Å². The number of ether oxygens (including phenoxy) is 2. The largest absolute Gasteiger partial charge is 0.480 e. The number of rotatable bonds is 6. The number of hydrogen-bond acceptors (Lipinski definition) is 6. The van der Waals surface area contributed by atoms with Crippen molar-refractivity contribution < 1.29 is 9.47 Å². The average Bonchev–Trinajstić information content (AvgIpc) is 2.97. The quantitative estimate of drug-likeness (QED) is 0.240. The van der Waals surface area contributed by atoms with Crippen LogP contribution < -0.4 is 15.4 Å². The summed E-state index contributed by atoms with van der Waals surface area (Å²) in [6, 6.07) is 24.3. The van der Waals surface area contributed by atoms with Crippen LogP contribution in [-0.4, -0.2) is 40.9 Å². The molecule has 8 heteroatoms. The van der Waals surface area contributed by atoms with E-state index in [0.29, 0.717) is 17.0 Å². The molecule has 0 amide bonds. The molecule has 7 nitrogen and oxygen atoms in total. The second-order valence-electron chi connectivity index (χ2n) is 9.75.